The molecule has 0 aliphatic rings. The van der Waals surface area contributed by atoms with E-state index in [9.17, 15) is 19.5 Å². The van der Waals surface area contributed by atoms with Crippen LogP contribution < -0.4 is 5.32 Å². The van der Waals surface area contributed by atoms with Crippen LogP contribution in [-0.2, 0) is 9.59 Å². The summed E-state index contributed by atoms with van der Waals surface area (Å²) in [5.41, 5.74) is 3.17. The number of aliphatic carboxylic acids is 1. The molecule has 5 aromatic rings. The first-order valence-electron chi connectivity index (χ1n) is 11.6. The Kier molecular flexibility index (Phi) is 6.33. The Bertz CT molecular complexity index is 1520. The van der Waals surface area contributed by atoms with Gasteiger partial charge >= 0.3 is 5.97 Å². The van der Waals surface area contributed by atoms with E-state index in [1.165, 1.54) is 0 Å². The van der Waals surface area contributed by atoms with Crippen molar-refractivity contribution in [1.29, 1.82) is 0 Å². The van der Waals surface area contributed by atoms with Gasteiger partial charge in [0.2, 0.25) is 5.91 Å². The second kappa shape index (κ2) is 9.88. The summed E-state index contributed by atoms with van der Waals surface area (Å²) in [6.07, 6.45) is -0.376. The van der Waals surface area contributed by atoms with Crippen molar-refractivity contribution in [1.82, 2.24) is 5.32 Å². The highest BCUT2D eigenvalue weighted by molar-refractivity contribution is 6.09. The third kappa shape index (κ3) is 4.61. The molecule has 1 aromatic heterocycles. The van der Waals surface area contributed by atoms with E-state index >= 15 is 0 Å². The average molecular weight is 478 g/mol. The lowest BCUT2D eigenvalue weighted by Crippen LogP contribution is -2.44. The summed E-state index contributed by atoms with van der Waals surface area (Å²) in [7, 11) is 0. The van der Waals surface area contributed by atoms with E-state index in [4.69, 9.17) is 4.42 Å². The summed E-state index contributed by atoms with van der Waals surface area (Å²) in [6, 6.07) is 29.5. The van der Waals surface area contributed by atoms with E-state index in [1.807, 2.05) is 84.9 Å². The molecule has 0 aliphatic carbocycles. The van der Waals surface area contributed by atoms with Crippen molar-refractivity contribution >= 4 is 39.6 Å². The minimum absolute atomic E-state index is 0.359. The maximum atomic E-state index is 13.4. The first-order chi connectivity index (χ1) is 17.5. The third-order valence-electron chi connectivity index (χ3n) is 6.23. The highest BCUT2D eigenvalue weighted by atomic mass is 16.4. The molecule has 1 heterocycles. The molecule has 0 bridgehead atoms. The molecule has 0 aliphatic heterocycles. The molecule has 0 fully saturated rings. The molecule has 0 radical (unpaired) electrons. The molecule has 4 aromatic carbocycles. The molecule has 36 heavy (non-hydrogen) atoms. The monoisotopic (exact) mass is 477 g/mol. The highest BCUT2D eigenvalue weighted by Gasteiger charge is 2.29. The van der Waals surface area contributed by atoms with Crippen LogP contribution in [0.3, 0.4) is 0 Å². The number of carbonyl (C=O) groups is 3. The Morgan fingerprint density at radius 1 is 0.722 bits per heavy atom. The standard InChI is InChI=1S/C30H23NO5/c32-25(21-15-16-27-23(17-21)22-13-7-8-14-26(22)36-27)18-24(30(34)35)31-29(33)28(19-9-3-1-4-10-19)20-11-5-2-6-12-20/h1-17,24,28H,18H2,(H,31,33)(H,34,35). The zero-order chi connectivity index (χ0) is 25.1. The number of fused-ring (bicyclic) bond motifs is 3. The largest absolute Gasteiger partial charge is 0.480 e. The van der Waals surface area contributed by atoms with E-state index < -0.39 is 23.8 Å². The average Bonchev–Trinajstić information content (AvgIpc) is 3.27. The smallest absolute Gasteiger partial charge is 0.326 e. The van der Waals surface area contributed by atoms with Crippen molar-refractivity contribution in [3.05, 3.63) is 120 Å². The number of para-hydroxylation sites is 1. The zero-order valence-electron chi connectivity index (χ0n) is 19.3. The number of carboxylic acids is 1. The van der Waals surface area contributed by atoms with Gasteiger partial charge in [-0.15, -0.1) is 0 Å². The Hall–Kier alpha value is -4.71. The summed E-state index contributed by atoms with van der Waals surface area (Å²) in [5, 5.41) is 14.1. The summed E-state index contributed by atoms with van der Waals surface area (Å²) in [6.45, 7) is 0. The molecule has 1 amide bonds. The predicted molar refractivity (Wildman–Crippen MR) is 137 cm³/mol. The van der Waals surface area contributed by atoms with Crippen LogP contribution in [0.15, 0.2) is 108 Å². The number of ketones is 1. The maximum Gasteiger partial charge on any atom is 0.326 e. The molecule has 0 saturated carbocycles. The van der Waals surface area contributed by atoms with Crippen LogP contribution in [0.1, 0.15) is 33.8 Å². The van der Waals surface area contributed by atoms with Crippen LogP contribution >= 0.6 is 0 Å². The van der Waals surface area contributed by atoms with Crippen LogP contribution in [0.4, 0.5) is 0 Å². The number of Topliss-reactive ketones (excluding diaryl/α,β-unsaturated/α-hetero) is 1. The van der Waals surface area contributed by atoms with Crippen molar-refractivity contribution in [2.45, 2.75) is 18.4 Å². The molecule has 2 N–H and O–H groups in total. The van der Waals surface area contributed by atoms with E-state index in [2.05, 4.69) is 5.32 Å². The zero-order valence-corrected chi connectivity index (χ0v) is 19.3. The number of rotatable bonds is 8. The third-order valence-corrected chi connectivity index (χ3v) is 6.23. The van der Waals surface area contributed by atoms with Crippen molar-refractivity contribution < 1.29 is 23.9 Å². The number of carbonyl (C=O) groups excluding carboxylic acids is 2. The first-order valence-corrected chi connectivity index (χ1v) is 11.6. The van der Waals surface area contributed by atoms with Crippen LogP contribution in [-0.4, -0.2) is 28.8 Å². The molecule has 178 valence electrons. The summed E-state index contributed by atoms with van der Waals surface area (Å²) < 4.78 is 5.81. The van der Waals surface area contributed by atoms with Gasteiger partial charge in [0.15, 0.2) is 5.78 Å². The molecular weight excluding hydrogens is 454 g/mol. The first kappa shape index (κ1) is 23.1. The number of hydrogen-bond donors (Lipinski definition) is 2. The van der Waals surface area contributed by atoms with Crippen LogP contribution in [0.5, 0.6) is 0 Å². The van der Waals surface area contributed by atoms with Gasteiger partial charge in [-0.1, -0.05) is 78.9 Å². The van der Waals surface area contributed by atoms with E-state index in [-0.39, 0.29) is 12.2 Å². The Balaban J connectivity index is 1.40. The molecular formula is C30H23NO5. The predicted octanol–water partition coefficient (Wildman–Crippen LogP) is 5.56. The molecule has 6 heteroatoms. The van der Waals surface area contributed by atoms with Gasteiger partial charge in [-0.25, -0.2) is 4.79 Å². The second-order valence-electron chi connectivity index (χ2n) is 8.59. The fourth-order valence-electron chi connectivity index (χ4n) is 4.44. The van der Waals surface area contributed by atoms with E-state index in [0.717, 1.165) is 21.9 Å². The van der Waals surface area contributed by atoms with Crippen LogP contribution in [0.25, 0.3) is 21.9 Å². The topological polar surface area (TPSA) is 96.6 Å². The number of benzene rings is 4. The number of carboxylic acid groups (broad SMARTS) is 1. The quantitative estimate of drug-likeness (QED) is 0.285. The Labute approximate surface area is 207 Å². The van der Waals surface area contributed by atoms with Crippen LogP contribution in [0.2, 0.25) is 0 Å². The molecule has 1 atom stereocenters. The van der Waals surface area contributed by atoms with Crippen molar-refractivity contribution in [3.8, 4) is 0 Å². The number of nitrogens with one attached hydrogen (secondary N) is 1. The molecule has 1 unspecified atom stereocenters. The van der Waals surface area contributed by atoms with Gasteiger partial charge in [0.1, 0.15) is 17.2 Å². The second-order valence-corrected chi connectivity index (χ2v) is 8.59. The van der Waals surface area contributed by atoms with E-state index in [1.54, 1.807) is 18.2 Å². The van der Waals surface area contributed by atoms with Gasteiger partial charge in [-0.05, 0) is 35.4 Å². The fraction of sp³-hybridized carbons (Fsp3) is 0.100. The highest BCUT2D eigenvalue weighted by Crippen LogP contribution is 2.30. The lowest BCUT2D eigenvalue weighted by Gasteiger charge is -2.21. The van der Waals surface area contributed by atoms with Gasteiger partial charge in [-0.2, -0.15) is 0 Å². The summed E-state index contributed by atoms with van der Waals surface area (Å²) in [4.78, 5) is 38.5. The number of hydrogen-bond acceptors (Lipinski definition) is 4. The normalized spacial score (nSPS) is 12.0. The van der Waals surface area contributed by atoms with Gasteiger partial charge in [0, 0.05) is 22.8 Å². The van der Waals surface area contributed by atoms with Gasteiger partial charge in [0.25, 0.3) is 0 Å². The molecule has 0 spiro atoms. The van der Waals surface area contributed by atoms with Gasteiger partial charge < -0.3 is 14.8 Å². The van der Waals surface area contributed by atoms with Crippen molar-refractivity contribution in [2.75, 3.05) is 0 Å². The SMILES string of the molecule is O=C(CC(NC(=O)C(c1ccccc1)c1ccccc1)C(=O)O)c1ccc2oc3ccccc3c2c1. The fourth-order valence-corrected chi connectivity index (χ4v) is 4.44. The summed E-state index contributed by atoms with van der Waals surface area (Å²) in [5.74, 6) is -2.85. The lowest BCUT2D eigenvalue weighted by atomic mass is 9.90. The number of amides is 1. The van der Waals surface area contributed by atoms with E-state index in [0.29, 0.717) is 16.7 Å². The minimum atomic E-state index is -1.38. The van der Waals surface area contributed by atoms with Gasteiger partial charge in [-0.3, -0.25) is 9.59 Å². The van der Waals surface area contributed by atoms with Crippen molar-refractivity contribution in [2.24, 2.45) is 0 Å². The number of furan rings is 1. The summed E-state index contributed by atoms with van der Waals surface area (Å²) >= 11 is 0. The minimum Gasteiger partial charge on any atom is -0.480 e. The maximum absolute atomic E-state index is 13.4. The Morgan fingerprint density at radius 3 is 1.94 bits per heavy atom. The van der Waals surface area contributed by atoms with Crippen LogP contribution in [0, 0.1) is 0 Å². The molecule has 0 saturated heterocycles. The Morgan fingerprint density at radius 2 is 1.31 bits per heavy atom. The van der Waals surface area contributed by atoms with Gasteiger partial charge in [0.05, 0.1) is 5.92 Å². The molecule has 5 rings (SSSR count). The lowest BCUT2D eigenvalue weighted by molar-refractivity contribution is -0.141. The van der Waals surface area contributed by atoms with Crippen molar-refractivity contribution in [3.63, 3.8) is 0 Å². The molecule has 6 nitrogen and oxygen atoms in total.